The summed E-state index contributed by atoms with van der Waals surface area (Å²) >= 11 is 5.69. The number of hydrogen-bond acceptors (Lipinski definition) is 2. The lowest BCUT2D eigenvalue weighted by atomic mass is 10.3. The Morgan fingerprint density at radius 3 is 2.92 bits per heavy atom. The monoisotopic (exact) mass is 184 g/mol. The Hall–Kier alpha value is -1.09. The van der Waals surface area contributed by atoms with Gasteiger partial charge >= 0.3 is 0 Å². The molecule has 0 radical (unpaired) electrons. The normalized spacial score (nSPS) is 9.58. The molecule has 1 amide bonds. The van der Waals surface area contributed by atoms with E-state index in [9.17, 15) is 4.79 Å². The van der Waals surface area contributed by atoms with Crippen molar-refractivity contribution in [1.29, 1.82) is 0 Å². The van der Waals surface area contributed by atoms with Crippen molar-refractivity contribution in [2.24, 2.45) is 0 Å². The van der Waals surface area contributed by atoms with Crippen molar-refractivity contribution >= 4 is 23.2 Å². The zero-order chi connectivity index (χ0) is 9.14. The van der Waals surface area contributed by atoms with Gasteiger partial charge in [0.1, 0.15) is 0 Å². The van der Waals surface area contributed by atoms with Crippen LogP contribution < -0.4 is 5.32 Å². The first-order chi connectivity index (χ1) is 5.59. The van der Waals surface area contributed by atoms with Crippen LogP contribution in [0.15, 0.2) is 12.3 Å². The van der Waals surface area contributed by atoms with Crippen LogP contribution in [0.3, 0.4) is 0 Å². The molecule has 0 aromatic carbocycles. The third-order valence-electron chi connectivity index (χ3n) is 1.36. The first-order valence-electron chi connectivity index (χ1n) is 3.49. The molecule has 0 aliphatic rings. The predicted octanol–water partition coefficient (Wildman–Crippen LogP) is 2.00. The zero-order valence-electron chi connectivity index (χ0n) is 6.89. The fraction of sp³-hybridized carbons (Fsp3) is 0.250. The van der Waals surface area contributed by atoms with Crippen LogP contribution in [-0.4, -0.2) is 10.9 Å². The van der Waals surface area contributed by atoms with Crippen molar-refractivity contribution in [3.8, 4) is 0 Å². The van der Waals surface area contributed by atoms with Crippen molar-refractivity contribution in [2.45, 2.75) is 13.8 Å². The van der Waals surface area contributed by atoms with E-state index >= 15 is 0 Å². The maximum atomic E-state index is 10.7. The van der Waals surface area contributed by atoms with E-state index in [1.54, 1.807) is 12.3 Å². The first-order valence-corrected chi connectivity index (χ1v) is 3.87. The van der Waals surface area contributed by atoms with E-state index in [-0.39, 0.29) is 5.91 Å². The topological polar surface area (TPSA) is 42.0 Å². The van der Waals surface area contributed by atoms with Crippen molar-refractivity contribution < 1.29 is 4.79 Å². The number of amides is 1. The maximum Gasteiger partial charge on any atom is 0.221 e. The minimum atomic E-state index is -0.123. The number of aryl methyl sites for hydroxylation is 1. The molecule has 0 fully saturated rings. The SMILES string of the molecule is CC(=O)Nc1cc(Cl)cnc1C. The quantitative estimate of drug-likeness (QED) is 0.726. The van der Waals surface area contributed by atoms with E-state index in [2.05, 4.69) is 10.3 Å². The van der Waals surface area contributed by atoms with Crippen LogP contribution >= 0.6 is 11.6 Å². The van der Waals surface area contributed by atoms with E-state index in [1.807, 2.05) is 6.92 Å². The summed E-state index contributed by atoms with van der Waals surface area (Å²) in [5.74, 6) is -0.123. The van der Waals surface area contributed by atoms with Gasteiger partial charge in [-0.15, -0.1) is 0 Å². The lowest BCUT2D eigenvalue weighted by Crippen LogP contribution is -2.07. The molecular weight excluding hydrogens is 176 g/mol. The van der Waals surface area contributed by atoms with Gasteiger partial charge in [-0.3, -0.25) is 9.78 Å². The minimum Gasteiger partial charge on any atom is -0.325 e. The summed E-state index contributed by atoms with van der Waals surface area (Å²) in [5.41, 5.74) is 1.42. The van der Waals surface area contributed by atoms with Crippen LogP contribution in [0.2, 0.25) is 5.02 Å². The lowest BCUT2D eigenvalue weighted by Gasteiger charge is -2.04. The fourth-order valence-electron chi connectivity index (χ4n) is 0.824. The van der Waals surface area contributed by atoms with Gasteiger partial charge in [0.15, 0.2) is 0 Å². The van der Waals surface area contributed by atoms with Crippen LogP contribution in [0.1, 0.15) is 12.6 Å². The van der Waals surface area contributed by atoms with Crippen molar-refractivity contribution in [3.05, 3.63) is 23.0 Å². The molecule has 1 aromatic heterocycles. The molecular formula is C8H9ClN2O. The number of hydrogen-bond donors (Lipinski definition) is 1. The highest BCUT2D eigenvalue weighted by molar-refractivity contribution is 6.30. The van der Waals surface area contributed by atoms with Gasteiger partial charge in [-0.1, -0.05) is 11.6 Å². The number of nitrogens with one attached hydrogen (secondary N) is 1. The van der Waals surface area contributed by atoms with Gasteiger partial charge in [0.05, 0.1) is 16.4 Å². The highest BCUT2D eigenvalue weighted by Gasteiger charge is 2.01. The summed E-state index contributed by atoms with van der Waals surface area (Å²) in [6, 6.07) is 1.67. The van der Waals surface area contributed by atoms with Crippen LogP contribution in [0.25, 0.3) is 0 Å². The molecule has 64 valence electrons. The highest BCUT2D eigenvalue weighted by Crippen LogP contribution is 2.17. The Labute approximate surface area is 75.8 Å². The summed E-state index contributed by atoms with van der Waals surface area (Å²) in [4.78, 5) is 14.7. The maximum absolute atomic E-state index is 10.7. The molecule has 1 rings (SSSR count). The summed E-state index contributed by atoms with van der Waals surface area (Å²) in [7, 11) is 0. The zero-order valence-corrected chi connectivity index (χ0v) is 7.64. The fourth-order valence-corrected chi connectivity index (χ4v) is 0.982. The van der Waals surface area contributed by atoms with Gasteiger partial charge in [-0.25, -0.2) is 0 Å². The number of pyridine rings is 1. The average Bonchev–Trinajstić information content (AvgIpc) is 1.96. The standard InChI is InChI=1S/C8H9ClN2O/c1-5-8(11-6(2)12)3-7(9)4-10-5/h3-4H,1-2H3,(H,11,12). The highest BCUT2D eigenvalue weighted by atomic mass is 35.5. The van der Waals surface area contributed by atoms with Crippen molar-refractivity contribution in [1.82, 2.24) is 4.98 Å². The Balaban J connectivity index is 2.97. The third-order valence-corrected chi connectivity index (χ3v) is 1.57. The largest absolute Gasteiger partial charge is 0.325 e. The number of aromatic nitrogens is 1. The summed E-state index contributed by atoms with van der Waals surface area (Å²) in [6.45, 7) is 3.25. The van der Waals surface area contributed by atoms with Crippen molar-refractivity contribution in [2.75, 3.05) is 5.32 Å². The molecule has 0 bridgehead atoms. The molecule has 1 heterocycles. The van der Waals surface area contributed by atoms with Gasteiger partial charge < -0.3 is 5.32 Å². The van der Waals surface area contributed by atoms with Gasteiger partial charge in [0.2, 0.25) is 5.91 Å². The first kappa shape index (κ1) is 9.00. The van der Waals surface area contributed by atoms with Crippen LogP contribution in [0.5, 0.6) is 0 Å². The summed E-state index contributed by atoms with van der Waals surface area (Å²) in [6.07, 6.45) is 1.54. The number of nitrogens with zero attached hydrogens (tertiary/aromatic N) is 1. The van der Waals surface area contributed by atoms with E-state index < -0.39 is 0 Å². The molecule has 0 aliphatic heterocycles. The molecule has 1 N–H and O–H groups in total. The molecule has 0 atom stereocenters. The predicted molar refractivity (Wildman–Crippen MR) is 48.3 cm³/mol. The van der Waals surface area contributed by atoms with Gasteiger partial charge in [0, 0.05) is 13.1 Å². The van der Waals surface area contributed by atoms with E-state index in [0.717, 1.165) is 5.69 Å². The third kappa shape index (κ3) is 2.20. The number of carbonyl (C=O) groups is 1. The van der Waals surface area contributed by atoms with E-state index in [4.69, 9.17) is 11.6 Å². The molecule has 4 heteroatoms. The molecule has 0 saturated heterocycles. The average molecular weight is 185 g/mol. The molecule has 12 heavy (non-hydrogen) atoms. The Bertz CT molecular complexity index is 312. The number of anilines is 1. The summed E-state index contributed by atoms with van der Waals surface area (Å²) in [5, 5.41) is 3.15. The van der Waals surface area contributed by atoms with Gasteiger partial charge in [-0.05, 0) is 13.0 Å². The Morgan fingerprint density at radius 2 is 2.33 bits per heavy atom. The van der Waals surface area contributed by atoms with Crippen molar-refractivity contribution in [3.63, 3.8) is 0 Å². The molecule has 0 saturated carbocycles. The van der Waals surface area contributed by atoms with Crippen LogP contribution in [0, 0.1) is 6.92 Å². The molecule has 1 aromatic rings. The van der Waals surface area contributed by atoms with E-state index in [0.29, 0.717) is 10.7 Å². The smallest absolute Gasteiger partial charge is 0.221 e. The number of rotatable bonds is 1. The second kappa shape index (κ2) is 3.54. The van der Waals surface area contributed by atoms with Crippen LogP contribution in [-0.2, 0) is 4.79 Å². The van der Waals surface area contributed by atoms with Gasteiger partial charge in [0.25, 0.3) is 0 Å². The second-order valence-corrected chi connectivity index (χ2v) is 2.90. The van der Waals surface area contributed by atoms with E-state index in [1.165, 1.54) is 6.92 Å². The minimum absolute atomic E-state index is 0.123. The summed E-state index contributed by atoms with van der Waals surface area (Å²) < 4.78 is 0. The van der Waals surface area contributed by atoms with Crippen LogP contribution in [0.4, 0.5) is 5.69 Å². The number of carbonyl (C=O) groups excluding carboxylic acids is 1. The molecule has 0 spiro atoms. The molecule has 0 unspecified atom stereocenters. The second-order valence-electron chi connectivity index (χ2n) is 2.47. The van der Waals surface area contributed by atoms with Gasteiger partial charge in [-0.2, -0.15) is 0 Å². The lowest BCUT2D eigenvalue weighted by molar-refractivity contribution is -0.114. The molecule has 0 aliphatic carbocycles. The number of halogens is 1. The molecule has 3 nitrogen and oxygen atoms in total. The Kier molecular flexibility index (Phi) is 2.65. The Morgan fingerprint density at radius 1 is 1.67 bits per heavy atom.